The van der Waals surface area contributed by atoms with Crippen molar-refractivity contribution < 1.29 is 23.9 Å². The van der Waals surface area contributed by atoms with Crippen LogP contribution >= 0.6 is 0 Å². The summed E-state index contributed by atoms with van der Waals surface area (Å²) in [7, 11) is 0. The smallest absolute Gasteiger partial charge is 0.407 e. The van der Waals surface area contributed by atoms with Crippen molar-refractivity contribution in [1.82, 2.24) is 10.8 Å². The van der Waals surface area contributed by atoms with Crippen LogP contribution in [0, 0.1) is 0 Å². The molecule has 158 valence electrons. The Kier molecular flexibility index (Phi) is 6.61. The number of carbonyl (C=O) groups is 2. The van der Waals surface area contributed by atoms with Crippen LogP contribution in [0.3, 0.4) is 0 Å². The molecule has 7 nitrogen and oxygen atoms in total. The molecule has 0 saturated carbocycles. The Morgan fingerprint density at radius 3 is 2.37 bits per heavy atom. The summed E-state index contributed by atoms with van der Waals surface area (Å²) in [5, 5.41) is 2.61. The van der Waals surface area contributed by atoms with Gasteiger partial charge in [0.2, 0.25) is 5.91 Å². The van der Waals surface area contributed by atoms with Gasteiger partial charge >= 0.3 is 6.09 Å². The molecule has 1 heterocycles. The Labute approximate surface area is 175 Å². The number of fused-ring (bicyclic) bond motifs is 3. The fourth-order valence-electron chi connectivity index (χ4n) is 3.91. The zero-order valence-corrected chi connectivity index (χ0v) is 16.8. The Bertz CT molecular complexity index is 849. The number of rotatable bonds is 7. The number of carbonyl (C=O) groups excluding carboxylic acids is 2. The number of benzene rings is 2. The topological polar surface area (TPSA) is 85.9 Å². The zero-order valence-electron chi connectivity index (χ0n) is 16.8. The first-order chi connectivity index (χ1) is 14.7. The van der Waals surface area contributed by atoms with E-state index in [1.54, 1.807) is 0 Å². The predicted octanol–water partition coefficient (Wildman–Crippen LogP) is 3.49. The van der Waals surface area contributed by atoms with Gasteiger partial charge in [0.15, 0.2) is 6.29 Å². The molecule has 2 N–H and O–H groups in total. The van der Waals surface area contributed by atoms with Gasteiger partial charge in [0.1, 0.15) is 6.61 Å². The molecule has 0 bridgehead atoms. The lowest BCUT2D eigenvalue weighted by molar-refractivity contribution is -0.200. The third-order valence-corrected chi connectivity index (χ3v) is 5.41. The van der Waals surface area contributed by atoms with Crippen molar-refractivity contribution in [2.75, 3.05) is 19.8 Å². The lowest BCUT2D eigenvalue weighted by atomic mass is 9.98. The van der Waals surface area contributed by atoms with Gasteiger partial charge in [-0.3, -0.25) is 4.79 Å². The molecule has 1 fully saturated rings. The van der Waals surface area contributed by atoms with Crippen molar-refractivity contribution in [1.29, 1.82) is 0 Å². The molecule has 0 radical (unpaired) electrons. The summed E-state index contributed by atoms with van der Waals surface area (Å²) in [5.74, 6) is -0.307. The summed E-state index contributed by atoms with van der Waals surface area (Å²) in [6, 6.07) is 16.3. The summed E-state index contributed by atoms with van der Waals surface area (Å²) in [4.78, 5) is 29.1. The molecular formula is C23H26N2O5. The standard InChI is InChI=1S/C23H26N2O5/c26-21(25-30-22-11-5-6-14-28-22)12-13-24-23(27)29-15-20-18-9-3-1-7-16(18)17-8-2-4-10-19(17)20/h1-4,7-10,20,22H,5-6,11-15H2,(H,24,27)(H,25,26)/t22-/m1/s1. The van der Waals surface area contributed by atoms with E-state index in [0.717, 1.165) is 30.4 Å². The predicted molar refractivity (Wildman–Crippen MR) is 111 cm³/mol. The number of hydroxylamine groups is 1. The minimum atomic E-state index is -0.541. The maximum atomic E-state index is 12.1. The van der Waals surface area contributed by atoms with Gasteiger partial charge < -0.3 is 14.8 Å². The van der Waals surface area contributed by atoms with Gasteiger partial charge in [0, 0.05) is 31.9 Å². The normalized spacial score (nSPS) is 17.7. The molecule has 2 amide bonds. The van der Waals surface area contributed by atoms with Gasteiger partial charge in [0.25, 0.3) is 0 Å². The van der Waals surface area contributed by atoms with Crippen LogP contribution in [0.25, 0.3) is 11.1 Å². The lowest BCUT2D eigenvalue weighted by Gasteiger charge is -2.22. The molecule has 1 aliphatic heterocycles. The fraction of sp³-hybridized carbons (Fsp3) is 0.391. The molecule has 1 atom stereocenters. The third kappa shape index (κ3) is 4.80. The van der Waals surface area contributed by atoms with Crippen LogP contribution in [-0.4, -0.2) is 38.0 Å². The van der Waals surface area contributed by atoms with Crippen molar-refractivity contribution in [2.45, 2.75) is 37.9 Å². The molecule has 2 aliphatic rings. The van der Waals surface area contributed by atoms with Crippen molar-refractivity contribution in [3.05, 3.63) is 59.7 Å². The largest absolute Gasteiger partial charge is 0.449 e. The van der Waals surface area contributed by atoms with Crippen LogP contribution in [0.4, 0.5) is 4.79 Å². The second-order valence-corrected chi connectivity index (χ2v) is 7.44. The molecule has 4 rings (SSSR count). The third-order valence-electron chi connectivity index (χ3n) is 5.41. The second-order valence-electron chi connectivity index (χ2n) is 7.44. The highest BCUT2D eigenvalue weighted by atomic mass is 16.8. The van der Waals surface area contributed by atoms with Gasteiger partial charge in [0.05, 0.1) is 0 Å². The van der Waals surface area contributed by atoms with Gasteiger partial charge in [-0.15, -0.1) is 0 Å². The Hall–Kier alpha value is -2.90. The summed E-state index contributed by atoms with van der Waals surface area (Å²) >= 11 is 0. The van der Waals surface area contributed by atoms with Crippen molar-refractivity contribution in [3.8, 4) is 11.1 Å². The number of alkyl carbamates (subject to hydrolysis) is 1. The molecule has 30 heavy (non-hydrogen) atoms. The first kappa shape index (κ1) is 20.4. The minimum Gasteiger partial charge on any atom is -0.449 e. The molecule has 2 aromatic carbocycles. The minimum absolute atomic E-state index is 0.00958. The average molecular weight is 410 g/mol. The van der Waals surface area contributed by atoms with Crippen LogP contribution in [0.15, 0.2) is 48.5 Å². The second kappa shape index (κ2) is 9.73. The zero-order chi connectivity index (χ0) is 20.8. The SMILES string of the molecule is O=C(CCNC(=O)OCC1c2ccccc2-c2ccccc21)NO[C@@H]1CCCCO1. The van der Waals surface area contributed by atoms with Crippen LogP contribution in [-0.2, 0) is 19.1 Å². The van der Waals surface area contributed by atoms with Crippen LogP contribution in [0.1, 0.15) is 42.7 Å². The lowest BCUT2D eigenvalue weighted by Crippen LogP contribution is -2.35. The van der Waals surface area contributed by atoms with Gasteiger partial charge in [-0.1, -0.05) is 48.5 Å². The fourth-order valence-corrected chi connectivity index (χ4v) is 3.91. The van der Waals surface area contributed by atoms with E-state index >= 15 is 0 Å². The summed E-state index contributed by atoms with van der Waals surface area (Å²) in [5.41, 5.74) is 7.05. The number of nitrogens with one attached hydrogen (secondary N) is 2. The van der Waals surface area contributed by atoms with E-state index in [2.05, 4.69) is 35.1 Å². The molecule has 1 aliphatic carbocycles. The monoisotopic (exact) mass is 410 g/mol. The number of amides is 2. The number of hydrogen-bond acceptors (Lipinski definition) is 5. The quantitative estimate of drug-likeness (QED) is 0.683. The molecule has 0 unspecified atom stereocenters. The highest BCUT2D eigenvalue weighted by Crippen LogP contribution is 2.44. The summed E-state index contributed by atoms with van der Waals surface area (Å²) in [6.07, 6.45) is 1.95. The van der Waals surface area contributed by atoms with Crippen molar-refractivity contribution in [2.24, 2.45) is 0 Å². The maximum absolute atomic E-state index is 12.1. The highest BCUT2D eigenvalue weighted by Gasteiger charge is 2.29. The maximum Gasteiger partial charge on any atom is 0.407 e. The Morgan fingerprint density at radius 1 is 1.00 bits per heavy atom. The molecule has 7 heteroatoms. The number of ether oxygens (including phenoxy) is 2. The molecular weight excluding hydrogens is 384 g/mol. The summed E-state index contributed by atoms with van der Waals surface area (Å²) < 4.78 is 10.8. The van der Waals surface area contributed by atoms with E-state index in [4.69, 9.17) is 14.3 Å². The first-order valence-electron chi connectivity index (χ1n) is 10.4. The van der Waals surface area contributed by atoms with E-state index in [9.17, 15) is 9.59 Å². The molecule has 0 aromatic heterocycles. The Balaban J connectivity index is 1.20. The van der Waals surface area contributed by atoms with Crippen molar-refractivity contribution >= 4 is 12.0 Å². The number of hydrogen-bond donors (Lipinski definition) is 2. The highest BCUT2D eigenvalue weighted by molar-refractivity contribution is 5.79. The molecule has 2 aromatic rings. The average Bonchev–Trinajstić information content (AvgIpc) is 3.11. The molecule has 1 saturated heterocycles. The van der Waals surface area contributed by atoms with Gasteiger partial charge in [-0.05, 0) is 35.1 Å². The first-order valence-corrected chi connectivity index (χ1v) is 10.4. The van der Waals surface area contributed by atoms with E-state index in [1.807, 2.05) is 24.3 Å². The van der Waals surface area contributed by atoms with Crippen LogP contribution in [0.2, 0.25) is 0 Å². The van der Waals surface area contributed by atoms with E-state index in [0.29, 0.717) is 6.61 Å². The van der Waals surface area contributed by atoms with E-state index in [1.165, 1.54) is 11.1 Å². The van der Waals surface area contributed by atoms with Gasteiger partial charge in [-0.25, -0.2) is 15.1 Å². The van der Waals surface area contributed by atoms with Gasteiger partial charge in [-0.2, -0.15) is 0 Å². The van der Waals surface area contributed by atoms with E-state index in [-0.39, 0.29) is 31.4 Å². The van der Waals surface area contributed by atoms with Crippen molar-refractivity contribution in [3.63, 3.8) is 0 Å². The van der Waals surface area contributed by atoms with Crippen LogP contribution in [0.5, 0.6) is 0 Å². The summed E-state index contributed by atoms with van der Waals surface area (Å²) in [6.45, 7) is 1.05. The molecule has 0 spiro atoms. The van der Waals surface area contributed by atoms with Crippen LogP contribution < -0.4 is 10.8 Å². The Morgan fingerprint density at radius 2 is 1.70 bits per heavy atom. The van der Waals surface area contributed by atoms with E-state index < -0.39 is 12.4 Å².